The summed E-state index contributed by atoms with van der Waals surface area (Å²) in [5.41, 5.74) is 1.26. The van der Waals surface area contributed by atoms with Crippen LogP contribution in [0.15, 0.2) is 59.5 Å². The lowest BCUT2D eigenvalue weighted by Gasteiger charge is -2.16. The largest absolute Gasteiger partial charge is 0.326 e. The number of carbonyl (C=O) groups excluding carboxylic acids is 2. The van der Waals surface area contributed by atoms with Gasteiger partial charge in [-0.15, -0.1) is 0 Å². The summed E-state index contributed by atoms with van der Waals surface area (Å²) in [5, 5.41) is 2.77. The molecule has 154 valence electrons. The number of sulfonamides is 1. The lowest BCUT2D eigenvalue weighted by molar-refractivity contribution is -0.122. The maximum Gasteiger partial charge on any atom is 0.240 e. The average molecular weight is 416 g/mol. The van der Waals surface area contributed by atoms with Crippen LogP contribution in [0.3, 0.4) is 0 Å². The van der Waals surface area contributed by atoms with Crippen molar-refractivity contribution in [3.8, 4) is 0 Å². The molecule has 2 amide bonds. The van der Waals surface area contributed by atoms with Gasteiger partial charge in [0.05, 0.1) is 10.8 Å². The minimum Gasteiger partial charge on any atom is -0.326 e. The molecule has 0 saturated carbocycles. The van der Waals surface area contributed by atoms with E-state index in [0.29, 0.717) is 18.7 Å². The maximum atomic E-state index is 12.6. The van der Waals surface area contributed by atoms with Crippen molar-refractivity contribution < 1.29 is 18.0 Å². The van der Waals surface area contributed by atoms with Crippen molar-refractivity contribution in [1.29, 1.82) is 0 Å². The molecule has 1 fully saturated rings. The number of hydrogen-bond donors (Lipinski definition) is 2. The van der Waals surface area contributed by atoms with Crippen molar-refractivity contribution in [3.63, 3.8) is 0 Å². The van der Waals surface area contributed by atoms with E-state index in [1.54, 1.807) is 24.0 Å². The first kappa shape index (κ1) is 21.0. The Labute approximate surface area is 171 Å². The van der Waals surface area contributed by atoms with Crippen molar-refractivity contribution >= 4 is 33.2 Å². The maximum absolute atomic E-state index is 12.6. The van der Waals surface area contributed by atoms with Crippen LogP contribution in [0.25, 0.3) is 0 Å². The predicted octanol–water partition coefficient (Wildman–Crippen LogP) is 2.76. The van der Waals surface area contributed by atoms with Gasteiger partial charge in [-0.25, -0.2) is 13.1 Å². The number of benzene rings is 2. The second-order valence-electron chi connectivity index (χ2n) is 7.19. The third kappa shape index (κ3) is 5.02. The topological polar surface area (TPSA) is 95.6 Å². The van der Waals surface area contributed by atoms with E-state index in [4.69, 9.17) is 0 Å². The van der Waals surface area contributed by atoms with Gasteiger partial charge in [0.25, 0.3) is 0 Å². The molecular formula is C21H25N3O4S. The predicted molar refractivity (Wildman–Crippen MR) is 112 cm³/mol. The highest BCUT2D eigenvalue weighted by Gasteiger charge is 2.35. The van der Waals surface area contributed by atoms with Gasteiger partial charge in [0.1, 0.15) is 0 Å². The smallest absolute Gasteiger partial charge is 0.240 e. The van der Waals surface area contributed by atoms with Gasteiger partial charge >= 0.3 is 0 Å². The Morgan fingerprint density at radius 1 is 1.14 bits per heavy atom. The molecule has 2 aromatic rings. The van der Waals surface area contributed by atoms with Crippen LogP contribution >= 0.6 is 0 Å². The van der Waals surface area contributed by atoms with Gasteiger partial charge in [0.15, 0.2) is 0 Å². The lowest BCUT2D eigenvalue weighted by atomic mass is 10.1. The summed E-state index contributed by atoms with van der Waals surface area (Å²) >= 11 is 0. The molecule has 29 heavy (non-hydrogen) atoms. The molecule has 2 unspecified atom stereocenters. The molecule has 1 heterocycles. The third-order valence-corrected chi connectivity index (χ3v) is 6.57. The van der Waals surface area contributed by atoms with Gasteiger partial charge in [-0.2, -0.15) is 0 Å². The van der Waals surface area contributed by atoms with E-state index in [2.05, 4.69) is 10.0 Å². The molecule has 0 bridgehead atoms. The Morgan fingerprint density at radius 3 is 2.41 bits per heavy atom. The molecule has 3 rings (SSSR count). The molecule has 0 spiro atoms. The summed E-state index contributed by atoms with van der Waals surface area (Å²) in [6, 6.07) is 15.1. The lowest BCUT2D eigenvalue weighted by Crippen LogP contribution is -2.32. The van der Waals surface area contributed by atoms with Crippen LogP contribution in [0, 0.1) is 5.92 Å². The van der Waals surface area contributed by atoms with E-state index in [1.807, 2.05) is 37.3 Å². The summed E-state index contributed by atoms with van der Waals surface area (Å²) in [5.74, 6) is -0.808. The van der Waals surface area contributed by atoms with E-state index in [-0.39, 0.29) is 29.2 Å². The summed E-state index contributed by atoms with van der Waals surface area (Å²) in [6.07, 6.45) is 0.833. The third-order valence-electron chi connectivity index (χ3n) is 4.96. The summed E-state index contributed by atoms with van der Waals surface area (Å²) < 4.78 is 27.2. The van der Waals surface area contributed by atoms with E-state index >= 15 is 0 Å². The van der Waals surface area contributed by atoms with Crippen LogP contribution in [-0.4, -0.2) is 32.8 Å². The van der Waals surface area contributed by atoms with E-state index in [9.17, 15) is 18.0 Å². The Morgan fingerprint density at radius 2 is 1.79 bits per heavy atom. The van der Waals surface area contributed by atoms with Crippen LogP contribution in [0.2, 0.25) is 0 Å². The molecule has 2 aromatic carbocycles. The first-order valence-electron chi connectivity index (χ1n) is 9.59. The van der Waals surface area contributed by atoms with Crippen molar-refractivity contribution in [2.75, 3.05) is 16.8 Å². The first-order chi connectivity index (χ1) is 13.8. The highest BCUT2D eigenvalue weighted by atomic mass is 32.2. The van der Waals surface area contributed by atoms with Gasteiger partial charge in [0.2, 0.25) is 21.8 Å². The van der Waals surface area contributed by atoms with Crippen LogP contribution in [-0.2, 0) is 19.6 Å². The number of carbonyl (C=O) groups is 2. The zero-order chi connectivity index (χ0) is 21.0. The molecule has 0 aromatic heterocycles. The van der Waals surface area contributed by atoms with Gasteiger partial charge in [-0.3, -0.25) is 9.59 Å². The second-order valence-corrected chi connectivity index (χ2v) is 8.90. The molecule has 1 saturated heterocycles. The first-order valence-corrected chi connectivity index (χ1v) is 11.1. The Balaban J connectivity index is 1.63. The number of nitrogens with zero attached hydrogens (tertiary/aromatic N) is 1. The molecular weight excluding hydrogens is 390 g/mol. The Hall–Kier alpha value is -2.71. The SMILES string of the molecule is CCC(C)NS(=O)(=O)c1ccc(NC(=O)C2CC(=O)N(c3ccccc3)C2)cc1. The molecule has 1 aliphatic heterocycles. The highest BCUT2D eigenvalue weighted by molar-refractivity contribution is 7.89. The van der Waals surface area contributed by atoms with Gasteiger partial charge in [-0.05, 0) is 49.7 Å². The quantitative estimate of drug-likeness (QED) is 0.727. The fourth-order valence-electron chi connectivity index (χ4n) is 3.12. The summed E-state index contributed by atoms with van der Waals surface area (Å²) in [7, 11) is -3.59. The molecule has 2 N–H and O–H groups in total. The number of amides is 2. The molecule has 0 aliphatic carbocycles. The number of hydrogen-bond acceptors (Lipinski definition) is 4. The van der Waals surface area contributed by atoms with E-state index in [1.165, 1.54) is 12.1 Å². The van der Waals surface area contributed by atoms with Crippen molar-refractivity contribution in [3.05, 3.63) is 54.6 Å². The monoisotopic (exact) mass is 415 g/mol. The van der Waals surface area contributed by atoms with E-state index in [0.717, 1.165) is 5.69 Å². The second kappa shape index (κ2) is 8.75. The zero-order valence-corrected chi connectivity index (χ0v) is 17.3. The molecule has 0 radical (unpaired) electrons. The normalized spacial score (nSPS) is 17.9. The summed E-state index contributed by atoms with van der Waals surface area (Å²) in [6.45, 7) is 4.02. The Bertz CT molecular complexity index is 975. The van der Waals surface area contributed by atoms with Crippen LogP contribution in [0.1, 0.15) is 26.7 Å². The minimum atomic E-state index is -3.59. The average Bonchev–Trinajstić information content (AvgIpc) is 3.10. The van der Waals surface area contributed by atoms with Gasteiger partial charge < -0.3 is 10.2 Å². The molecule has 1 aliphatic rings. The number of rotatable bonds is 7. The van der Waals surface area contributed by atoms with Crippen molar-refractivity contribution in [2.45, 2.75) is 37.6 Å². The van der Waals surface area contributed by atoms with Crippen molar-refractivity contribution in [2.24, 2.45) is 5.92 Å². The Kier molecular flexibility index (Phi) is 6.34. The number of anilines is 2. The van der Waals surface area contributed by atoms with Crippen molar-refractivity contribution in [1.82, 2.24) is 4.72 Å². The van der Waals surface area contributed by atoms with E-state index < -0.39 is 15.9 Å². The zero-order valence-electron chi connectivity index (χ0n) is 16.5. The van der Waals surface area contributed by atoms with Gasteiger partial charge in [0, 0.05) is 30.4 Å². The molecule has 2 atom stereocenters. The molecule has 7 nitrogen and oxygen atoms in total. The standard InChI is InChI=1S/C21H25N3O4S/c1-3-15(2)23-29(27,28)19-11-9-17(10-12-19)22-21(26)16-13-20(25)24(14-16)18-7-5-4-6-8-18/h4-12,15-16,23H,3,13-14H2,1-2H3,(H,22,26). The van der Waals surface area contributed by atoms with Crippen LogP contribution in [0.4, 0.5) is 11.4 Å². The van der Waals surface area contributed by atoms with Crippen LogP contribution < -0.4 is 14.9 Å². The highest BCUT2D eigenvalue weighted by Crippen LogP contribution is 2.26. The summed E-state index contributed by atoms with van der Waals surface area (Å²) in [4.78, 5) is 26.6. The molecule has 8 heteroatoms. The number of para-hydroxylation sites is 1. The fourth-order valence-corrected chi connectivity index (χ4v) is 4.45. The van der Waals surface area contributed by atoms with Gasteiger partial charge in [-0.1, -0.05) is 25.1 Å². The van der Waals surface area contributed by atoms with Crippen LogP contribution in [0.5, 0.6) is 0 Å². The fraction of sp³-hybridized carbons (Fsp3) is 0.333. The minimum absolute atomic E-state index is 0.0890. The number of nitrogens with one attached hydrogen (secondary N) is 2.